The number of non-ortho nitro benzene ring substituents is 1. The van der Waals surface area contributed by atoms with Crippen molar-refractivity contribution in [2.75, 3.05) is 0 Å². The van der Waals surface area contributed by atoms with Crippen LogP contribution in [0.5, 0.6) is 0 Å². The molecule has 0 saturated carbocycles. The predicted octanol–water partition coefficient (Wildman–Crippen LogP) is 3.80. The third kappa shape index (κ3) is 2.46. The monoisotopic (exact) mass is 270 g/mol. The highest BCUT2D eigenvalue weighted by atomic mass is 32.1. The standard InChI is InChI=1S/C14H10N2O2S/c17-16(18)11-5-3-4-10(8-11)9-14-15-12-6-1-2-7-13(12)19-14/h1-8H,9H2. The van der Waals surface area contributed by atoms with E-state index in [1.54, 1.807) is 23.5 Å². The number of rotatable bonds is 3. The highest BCUT2D eigenvalue weighted by Crippen LogP contribution is 2.24. The second kappa shape index (κ2) is 4.78. The number of nitro benzene ring substituents is 1. The van der Waals surface area contributed by atoms with Gasteiger partial charge in [-0.05, 0) is 17.7 Å². The normalized spacial score (nSPS) is 10.7. The molecule has 0 aliphatic heterocycles. The van der Waals surface area contributed by atoms with E-state index in [9.17, 15) is 10.1 Å². The van der Waals surface area contributed by atoms with Gasteiger partial charge in [0.15, 0.2) is 0 Å². The Kier molecular flexibility index (Phi) is 2.97. The average Bonchev–Trinajstić information content (AvgIpc) is 2.81. The fourth-order valence-electron chi connectivity index (χ4n) is 1.95. The Bertz CT molecular complexity index is 719. The minimum atomic E-state index is -0.373. The Morgan fingerprint density at radius 3 is 2.79 bits per heavy atom. The van der Waals surface area contributed by atoms with E-state index in [1.807, 2.05) is 30.3 Å². The van der Waals surface area contributed by atoms with Crippen molar-refractivity contribution in [1.29, 1.82) is 0 Å². The first kappa shape index (κ1) is 11.8. The number of nitro groups is 1. The third-order valence-electron chi connectivity index (χ3n) is 2.81. The lowest BCUT2D eigenvalue weighted by molar-refractivity contribution is -0.384. The van der Waals surface area contributed by atoms with Crippen LogP contribution in [0, 0.1) is 10.1 Å². The molecule has 0 bridgehead atoms. The lowest BCUT2D eigenvalue weighted by atomic mass is 10.1. The van der Waals surface area contributed by atoms with E-state index in [2.05, 4.69) is 4.98 Å². The summed E-state index contributed by atoms with van der Waals surface area (Å²) in [6.07, 6.45) is 0.626. The molecule has 0 aliphatic carbocycles. The third-order valence-corrected chi connectivity index (χ3v) is 3.85. The summed E-state index contributed by atoms with van der Waals surface area (Å²) in [6, 6.07) is 14.7. The Labute approximate surface area is 113 Å². The van der Waals surface area contributed by atoms with Crippen molar-refractivity contribution in [3.05, 3.63) is 69.2 Å². The van der Waals surface area contributed by atoms with Crippen molar-refractivity contribution in [3.8, 4) is 0 Å². The smallest absolute Gasteiger partial charge is 0.258 e. The maximum absolute atomic E-state index is 10.7. The second-order valence-corrected chi connectivity index (χ2v) is 5.29. The van der Waals surface area contributed by atoms with E-state index in [0.717, 1.165) is 20.8 Å². The number of hydrogen-bond acceptors (Lipinski definition) is 4. The minimum Gasteiger partial charge on any atom is -0.258 e. The average molecular weight is 270 g/mol. The van der Waals surface area contributed by atoms with E-state index in [1.165, 1.54) is 6.07 Å². The highest BCUT2D eigenvalue weighted by Gasteiger charge is 2.08. The van der Waals surface area contributed by atoms with Crippen molar-refractivity contribution in [1.82, 2.24) is 4.98 Å². The Morgan fingerprint density at radius 2 is 2.00 bits per heavy atom. The molecule has 5 heteroatoms. The summed E-state index contributed by atoms with van der Waals surface area (Å²) in [5.41, 5.74) is 2.01. The van der Waals surface area contributed by atoms with Crippen LogP contribution in [-0.4, -0.2) is 9.91 Å². The molecular formula is C14H10N2O2S. The van der Waals surface area contributed by atoms with Crippen molar-refractivity contribution < 1.29 is 4.92 Å². The molecule has 4 nitrogen and oxygen atoms in total. The van der Waals surface area contributed by atoms with Gasteiger partial charge in [0, 0.05) is 18.6 Å². The number of hydrogen-bond donors (Lipinski definition) is 0. The van der Waals surface area contributed by atoms with Gasteiger partial charge in [-0.25, -0.2) is 4.98 Å². The first-order chi connectivity index (χ1) is 9.22. The van der Waals surface area contributed by atoms with Gasteiger partial charge in [0.2, 0.25) is 0 Å². The molecule has 94 valence electrons. The molecule has 19 heavy (non-hydrogen) atoms. The van der Waals surface area contributed by atoms with E-state index in [0.29, 0.717) is 6.42 Å². The van der Waals surface area contributed by atoms with Crippen LogP contribution < -0.4 is 0 Å². The summed E-state index contributed by atoms with van der Waals surface area (Å²) in [7, 11) is 0. The fraction of sp³-hybridized carbons (Fsp3) is 0.0714. The van der Waals surface area contributed by atoms with Crippen molar-refractivity contribution >= 4 is 27.2 Å². The Morgan fingerprint density at radius 1 is 1.16 bits per heavy atom. The minimum absolute atomic E-state index is 0.124. The second-order valence-electron chi connectivity index (χ2n) is 4.18. The van der Waals surface area contributed by atoms with Gasteiger partial charge in [0.1, 0.15) is 0 Å². The zero-order chi connectivity index (χ0) is 13.2. The zero-order valence-electron chi connectivity index (χ0n) is 9.95. The molecule has 0 amide bonds. The van der Waals surface area contributed by atoms with Crippen molar-refractivity contribution in [3.63, 3.8) is 0 Å². The molecule has 0 atom stereocenters. The number of aromatic nitrogens is 1. The van der Waals surface area contributed by atoms with E-state index < -0.39 is 0 Å². The van der Waals surface area contributed by atoms with E-state index in [-0.39, 0.29) is 10.6 Å². The SMILES string of the molecule is O=[N+]([O-])c1cccc(Cc2nc3ccccc3s2)c1. The van der Waals surface area contributed by atoms with Gasteiger partial charge in [-0.3, -0.25) is 10.1 Å². The fourth-order valence-corrected chi connectivity index (χ4v) is 2.95. The van der Waals surface area contributed by atoms with Gasteiger partial charge in [-0.15, -0.1) is 11.3 Å². The van der Waals surface area contributed by atoms with Crippen LogP contribution in [0.15, 0.2) is 48.5 Å². The number of benzene rings is 2. The number of nitrogens with zero attached hydrogens (tertiary/aromatic N) is 2. The molecule has 1 heterocycles. The van der Waals surface area contributed by atoms with Crippen LogP contribution in [0.2, 0.25) is 0 Å². The molecule has 1 aromatic heterocycles. The summed E-state index contributed by atoms with van der Waals surface area (Å²) < 4.78 is 1.14. The van der Waals surface area contributed by atoms with E-state index in [4.69, 9.17) is 0 Å². The molecule has 2 aromatic carbocycles. The molecule has 0 fully saturated rings. The lowest BCUT2D eigenvalue weighted by Crippen LogP contribution is -1.91. The number of fused-ring (bicyclic) bond motifs is 1. The molecule has 0 N–H and O–H groups in total. The maximum atomic E-state index is 10.7. The lowest BCUT2D eigenvalue weighted by Gasteiger charge is -1.97. The van der Waals surface area contributed by atoms with Gasteiger partial charge in [0.05, 0.1) is 20.1 Å². The van der Waals surface area contributed by atoms with Crippen LogP contribution in [-0.2, 0) is 6.42 Å². The summed E-state index contributed by atoms with van der Waals surface area (Å²) in [6.45, 7) is 0. The molecule has 0 unspecified atom stereocenters. The van der Waals surface area contributed by atoms with Gasteiger partial charge in [0.25, 0.3) is 5.69 Å². The maximum Gasteiger partial charge on any atom is 0.269 e. The topological polar surface area (TPSA) is 56.0 Å². The van der Waals surface area contributed by atoms with Crippen molar-refractivity contribution in [2.24, 2.45) is 0 Å². The van der Waals surface area contributed by atoms with Crippen LogP contribution in [0.1, 0.15) is 10.6 Å². The summed E-state index contributed by atoms with van der Waals surface area (Å²) in [4.78, 5) is 14.9. The van der Waals surface area contributed by atoms with Gasteiger partial charge in [-0.2, -0.15) is 0 Å². The van der Waals surface area contributed by atoms with Gasteiger partial charge < -0.3 is 0 Å². The summed E-state index contributed by atoms with van der Waals surface area (Å²) in [5, 5.41) is 11.7. The molecule has 0 aliphatic rings. The number of para-hydroxylation sites is 1. The Hall–Kier alpha value is -2.27. The van der Waals surface area contributed by atoms with E-state index >= 15 is 0 Å². The Balaban J connectivity index is 1.92. The van der Waals surface area contributed by atoms with Gasteiger partial charge in [-0.1, -0.05) is 24.3 Å². The van der Waals surface area contributed by atoms with Gasteiger partial charge >= 0.3 is 0 Å². The van der Waals surface area contributed by atoms with Crippen LogP contribution in [0.25, 0.3) is 10.2 Å². The first-order valence-electron chi connectivity index (χ1n) is 5.80. The molecule has 3 aromatic rings. The highest BCUT2D eigenvalue weighted by molar-refractivity contribution is 7.18. The van der Waals surface area contributed by atoms with Crippen molar-refractivity contribution in [2.45, 2.75) is 6.42 Å². The molecule has 3 rings (SSSR count). The molecular weight excluding hydrogens is 260 g/mol. The largest absolute Gasteiger partial charge is 0.269 e. The molecule has 0 spiro atoms. The number of thiazole rings is 1. The predicted molar refractivity (Wildman–Crippen MR) is 75.5 cm³/mol. The van der Waals surface area contributed by atoms with Crippen LogP contribution >= 0.6 is 11.3 Å². The summed E-state index contributed by atoms with van der Waals surface area (Å²) >= 11 is 1.63. The quantitative estimate of drug-likeness (QED) is 0.537. The summed E-state index contributed by atoms with van der Waals surface area (Å²) in [5.74, 6) is 0. The molecule has 0 saturated heterocycles. The zero-order valence-corrected chi connectivity index (χ0v) is 10.8. The van der Waals surface area contributed by atoms with Crippen LogP contribution in [0.4, 0.5) is 5.69 Å². The molecule has 0 radical (unpaired) electrons. The first-order valence-corrected chi connectivity index (χ1v) is 6.62. The van der Waals surface area contributed by atoms with Crippen LogP contribution in [0.3, 0.4) is 0 Å².